The lowest BCUT2D eigenvalue weighted by Crippen LogP contribution is -2.47. The topological polar surface area (TPSA) is 124 Å². The maximum atomic E-state index is 12.8. The summed E-state index contributed by atoms with van der Waals surface area (Å²) in [5.74, 6) is 1.48. The van der Waals surface area contributed by atoms with Gasteiger partial charge in [0.25, 0.3) is 0 Å². The number of benzene rings is 2. The molecule has 2 aromatic carbocycles. The number of nitrogens with one attached hydrogen (secondary N) is 1. The van der Waals surface area contributed by atoms with E-state index in [1.165, 1.54) is 0 Å². The van der Waals surface area contributed by atoms with Crippen LogP contribution >= 0.6 is 0 Å². The van der Waals surface area contributed by atoms with Crippen LogP contribution in [0.2, 0.25) is 0 Å². The summed E-state index contributed by atoms with van der Waals surface area (Å²) in [6.07, 6.45) is 3.37. The van der Waals surface area contributed by atoms with E-state index in [9.17, 15) is 9.47 Å². The van der Waals surface area contributed by atoms with Crippen LogP contribution in [0.1, 0.15) is 24.0 Å². The molecule has 2 fully saturated rings. The molecule has 0 amide bonds. The predicted molar refractivity (Wildman–Crippen MR) is 153 cm³/mol. The van der Waals surface area contributed by atoms with Crippen LogP contribution in [0.5, 0.6) is 5.75 Å². The number of aliphatic hydroxyl groups is 1. The average Bonchev–Trinajstić information content (AvgIpc) is 2.99. The van der Waals surface area contributed by atoms with Gasteiger partial charge < -0.3 is 19.9 Å². The van der Waals surface area contributed by atoms with E-state index in [1.807, 2.05) is 46.8 Å². The molecular formula is C29H34N6O4S. The highest BCUT2D eigenvalue weighted by molar-refractivity contribution is 7.81. The first-order chi connectivity index (χ1) is 19.6. The molecule has 0 spiro atoms. The second-order valence-electron chi connectivity index (χ2n) is 9.80. The van der Waals surface area contributed by atoms with Crippen molar-refractivity contribution in [3.63, 3.8) is 0 Å². The molecule has 2 aliphatic rings. The lowest BCUT2D eigenvalue weighted by atomic mass is 10.1. The molecule has 11 heteroatoms. The molecule has 40 heavy (non-hydrogen) atoms. The van der Waals surface area contributed by atoms with E-state index in [0.29, 0.717) is 48.5 Å². The first-order valence-corrected chi connectivity index (χ1v) is 14.8. The highest BCUT2D eigenvalue weighted by Crippen LogP contribution is 2.28. The fourth-order valence-corrected chi connectivity index (χ4v) is 6.01. The van der Waals surface area contributed by atoms with E-state index in [2.05, 4.69) is 26.3 Å². The maximum Gasteiger partial charge on any atom is 0.227 e. The van der Waals surface area contributed by atoms with Crippen molar-refractivity contribution in [2.45, 2.75) is 24.7 Å². The first-order valence-electron chi connectivity index (χ1n) is 13.6. The fourth-order valence-electron chi connectivity index (χ4n) is 4.78. The number of β-amino-alcohol motifs (C(OH)–C–C–N with tert-alkyl or cyclic N) is 1. The van der Waals surface area contributed by atoms with Gasteiger partial charge in [0.05, 0.1) is 47.8 Å². The molecule has 5 rings (SSSR count). The Balaban J connectivity index is 1.19. The van der Waals surface area contributed by atoms with Gasteiger partial charge in [0.15, 0.2) is 0 Å². The van der Waals surface area contributed by atoms with Gasteiger partial charge in [0, 0.05) is 63.0 Å². The van der Waals surface area contributed by atoms with Crippen LogP contribution < -0.4 is 10.1 Å². The van der Waals surface area contributed by atoms with Crippen LogP contribution in [0.4, 0.5) is 11.6 Å². The zero-order valence-electron chi connectivity index (χ0n) is 22.4. The Bertz CT molecular complexity index is 1340. The Kier molecular flexibility index (Phi) is 9.70. The Morgan fingerprint density at radius 1 is 1.10 bits per heavy atom. The third-order valence-corrected chi connectivity index (χ3v) is 8.57. The number of anilines is 2. The lowest BCUT2D eigenvalue weighted by Gasteiger charge is -2.33. The van der Waals surface area contributed by atoms with Crippen LogP contribution in [0.15, 0.2) is 54.7 Å². The molecule has 2 N–H and O–H groups in total. The van der Waals surface area contributed by atoms with Crippen LogP contribution in [0.25, 0.3) is 11.3 Å². The van der Waals surface area contributed by atoms with Crippen molar-refractivity contribution in [3.05, 3.63) is 65.9 Å². The quantitative estimate of drug-likeness (QED) is 0.384. The molecule has 1 unspecified atom stereocenters. The Morgan fingerprint density at radius 3 is 2.60 bits per heavy atom. The van der Waals surface area contributed by atoms with E-state index >= 15 is 0 Å². The van der Waals surface area contributed by atoms with E-state index in [-0.39, 0.29) is 12.7 Å². The average molecular weight is 563 g/mol. The van der Waals surface area contributed by atoms with Gasteiger partial charge in [0.2, 0.25) is 5.95 Å². The molecule has 3 heterocycles. The molecule has 0 aliphatic carbocycles. The van der Waals surface area contributed by atoms with Gasteiger partial charge in [0.1, 0.15) is 17.9 Å². The molecule has 1 atom stereocenters. The molecule has 0 radical (unpaired) electrons. The summed E-state index contributed by atoms with van der Waals surface area (Å²) in [5, 5.41) is 22.0. The van der Waals surface area contributed by atoms with Crippen LogP contribution in [-0.4, -0.2) is 87.1 Å². The molecule has 3 aromatic rings. The van der Waals surface area contributed by atoms with Crippen molar-refractivity contribution in [3.8, 4) is 23.1 Å². The fraction of sp³-hybridized carbons (Fsp3) is 0.414. The number of piperazine rings is 1. The summed E-state index contributed by atoms with van der Waals surface area (Å²) in [7, 11) is -1.09. The van der Waals surface area contributed by atoms with Crippen LogP contribution in [0.3, 0.4) is 0 Å². The van der Waals surface area contributed by atoms with E-state index in [4.69, 9.17) is 14.6 Å². The van der Waals surface area contributed by atoms with Crippen molar-refractivity contribution in [2.75, 3.05) is 57.9 Å². The number of rotatable bonds is 10. The molecule has 210 valence electrons. The molecule has 2 saturated heterocycles. The lowest BCUT2D eigenvalue weighted by molar-refractivity contribution is 0.0254. The number of nitriles is 1. The summed E-state index contributed by atoms with van der Waals surface area (Å²) in [4.78, 5) is 11.2. The van der Waals surface area contributed by atoms with Gasteiger partial charge in [-0.1, -0.05) is 12.1 Å². The summed E-state index contributed by atoms with van der Waals surface area (Å²) in [5.41, 5.74) is 3.77. The summed E-state index contributed by atoms with van der Waals surface area (Å²) in [6.45, 7) is 5.28. The number of aromatic nitrogens is 2. The van der Waals surface area contributed by atoms with Crippen molar-refractivity contribution in [2.24, 2.45) is 0 Å². The Hall–Kier alpha value is -3.40. The van der Waals surface area contributed by atoms with Gasteiger partial charge in [-0.3, -0.25) is 4.90 Å². The molecule has 1 aromatic heterocycles. The second-order valence-corrected chi connectivity index (χ2v) is 11.2. The monoisotopic (exact) mass is 562 g/mol. The van der Waals surface area contributed by atoms with Crippen molar-refractivity contribution in [1.29, 1.82) is 5.26 Å². The Labute approximate surface area is 237 Å². The normalized spacial score (nSPS) is 17.7. The minimum Gasteiger partial charge on any atom is -0.489 e. The van der Waals surface area contributed by atoms with Crippen molar-refractivity contribution >= 4 is 22.6 Å². The number of aliphatic hydroxyl groups excluding tert-OH is 1. The first kappa shape index (κ1) is 28.1. The zero-order valence-corrected chi connectivity index (χ0v) is 23.2. The minimum atomic E-state index is -1.09. The number of hydrogen-bond donors (Lipinski definition) is 2. The van der Waals surface area contributed by atoms with Gasteiger partial charge in [-0.15, -0.1) is 0 Å². The van der Waals surface area contributed by atoms with Gasteiger partial charge in [-0.25, -0.2) is 18.5 Å². The Morgan fingerprint density at radius 2 is 1.88 bits per heavy atom. The number of ether oxygens (including phenoxy) is 2. The summed E-state index contributed by atoms with van der Waals surface area (Å²) in [6, 6.07) is 17.4. The van der Waals surface area contributed by atoms with Crippen LogP contribution in [0, 0.1) is 11.3 Å². The SMILES string of the molecule is N#Cc1cc(-c2ccnc(Nc3ccc(CS(=O)N4CCN(CCO)CC4)cc3)n2)ccc1OC1CCOCC1. The van der Waals surface area contributed by atoms with Crippen molar-refractivity contribution < 1.29 is 18.8 Å². The molecule has 2 aliphatic heterocycles. The van der Waals surface area contributed by atoms with E-state index < -0.39 is 11.0 Å². The minimum absolute atomic E-state index is 0.0565. The molecule has 10 nitrogen and oxygen atoms in total. The second kappa shape index (κ2) is 13.8. The third kappa shape index (κ3) is 7.41. The van der Waals surface area contributed by atoms with Gasteiger partial charge >= 0.3 is 0 Å². The molecule has 0 bridgehead atoms. The standard InChI is InChI=1S/C29H34N6O4S/c30-20-24-19-23(3-6-28(24)39-26-8-17-38-18-9-26)27-7-10-31-29(33-27)32-25-4-1-22(2-5-25)21-40(37)35-13-11-34(12-14-35)15-16-36/h1-7,10,19,26,36H,8-9,11-18,21H2,(H,31,32,33). The van der Waals surface area contributed by atoms with Crippen LogP contribution in [-0.2, 0) is 21.5 Å². The van der Waals surface area contributed by atoms with Gasteiger partial charge in [-0.05, 0) is 42.0 Å². The van der Waals surface area contributed by atoms with E-state index in [0.717, 1.165) is 55.8 Å². The highest BCUT2D eigenvalue weighted by Gasteiger charge is 2.21. The summed E-state index contributed by atoms with van der Waals surface area (Å²) >= 11 is 0. The maximum absolute atomic E-state index is 12.8. The number of hydrogen-bond acceptors (Lipinski definition) is 9. The smallest absolute Gasteiger partial charge is 0.227 e. The summed E-state index contributed by atoms with van der Waals surface area (Å²) < 4.78 is 26.3. The van der Waals surface area contributed by atoms with Crippen molar-refractivity contribution in [1.82, 2.24) is 19.2 Å². The number of nitrogens with zero attached hydrogens (tertiary/aromatic N) is 5. The zero-order chi connectivity index (χ0) is 27.7. The highest BCUT2D eigenvalue weighted by atomic mass is 32.2. The largest absolute Gasteiger partial charge is 0.489 e. The molecule has 0 saturated carbocycles. The predicted octanol–water partition coefficient (Wildman–Crippen LogP) is 3.09. The molecular weight excluding hydrogens is 528 g/mol. The van der Waals surface area contributed by atoms with E-state index in [1.54, 1.807) is 12.3 Å². The van der Waals surface area contributed by atoms with Gasteiger partial charge in [-0.2, -0.15) is 5.26 Å². The third-order valence-electron chi connectivity index (χ3n) is 7.05.